The Morgan fingerprint density at radius 1 is 1.50 bits per heavy atom. The van der Waals surface area contributed by atoms with Gasteiger partial charge < -0.3 is 18.5 Å². The zero-order chi connectivity index (χ0) is 3.58. The zero-order valence-electron chi connectivity index (χ0n) is 5.01. The average Bonchev–Trinajstić information content (AvgIpc) is 0.811. The third-order valence-electron chi connectivity index (χ3n) is 0. The van der Waals surface area contributed by atoms with Gasteiger partial charge in [0.05, 0.1) is 0 Å². The zero-order valence-corrected chi connectivity index (χ0v) is 6.49. The summed E-state index contributed by atoms with van der Waals surface area (Å²) in [7, 11) is 0. The van der Waals surface area contributed by atoms with Crippen molar-refractivity contribution < 1.29 is 23.3 Å². The smallest absolute Gasteiger partial charge is 1.00 e. The molecule has 0 aromatic carbocycles. The van der Waals surface area contributed by atoms with Gasteiger partial charge >= 0.3 is 51.6 Å². The Bertz CT molecular complexity index is 37.0. The number of carboxylic acid groups (broad SMARTS) is 2. The second kappa shape index (κ2) is 9.20. The van der Waals surface area contributed by atoms with Gasteiger partial charge in [-0.05, 0) is 0 Å². The van der Waals surface area contributed by atoms with E-state index in [2.05, 4.69) is 0 Å². The molecule has 5 heteroatoms. The molecule has 0 fully saturated rings. The molecule has 0 aliphatic rings. The molecule has 0 unspecified atom stereocenters. The predicted octanol–water partition coefficient (Wildman–Crippen LogP) is -0.758. The summed E-state index contributed by atoms with van der Waals surface area (Å²) in [4.78, 5) is 8.56. The number of carbonyl (C=O) groups is 1. The quantitative estimate of drug-likeness (QED) is 0.468. The van der Waals surface area contributed by atoms with Crippen LogP contribution in [0.3, 0.4) is 0 Å². The molecule has 0 aliphatic heterocycles. The van der Waals surface area contributed by atoms with E-state index in [4.69, 9.17) is 15.0 Å². The third kappa shape index (κ3) is 128. The fourth-order valence-corrected chi connectivity index (χ4v) is 0. The largest absolute Gasteiger partial charge is 2.00 e. The van der Waals surface area contributed by atoms with E-state index in [-0.39, 0.29) is 53.8 Å². The molecule has 0 heterocycles. The van der Waals surface area contributed by atoms with E-state index in [0.29, 0.717) is 0 Å². The van der Waals surface area contributed by atoms with Crippen molar-refractivity contribution in [1.29, 1.82) is 0 Å². The summed E-state index contributed by atoms with van der Waals surface area (Å²) >= 11 is 0. The van der Waals surface area contributed by atoms with Crippen LogP contribution in [0.4, 0.5) is 4.79 Å². The number of rotatable bonds is 0. The normalized spacial score (nSPS) is 4.00. The fourth-order valence-electron chi connectivity index (χ4n) is 0. The molecule has 6 heavy (non-hydrogen) atoms. The van der Waals surface area contributed by atoms with Crippen molar-refractivity contribution in [2.75, 3.05) is 0 Å². The fraction of sp³-hybridized carbons (Fsp3) is 0. The molecule has 4 nitrogen and oxygen atoms in total. The van der Waals surface area contributed by atoms with Crippen molar-refractivity contribution in [3.8, 4) is 0 Å². The molecule has 0 atom stereocenters. The average molecular weight is 170 g/mol. The first kappa shape index (κ1) is 15.9. The van der Waals surface area contributed by atoms with Gasteiger partial charge in [0.1, 0.15) is 0 Å². The van der Waals surface area contributed by atoms with Crippen molar-refractivity contribution in [2.45, 2.75) is 0 Å². The number of hydrogen-bond donors (Lipinski definition) is 2. The Kier molecular flexibility index (Phi) is 24.4. The predicted molar refractivity (Wildman–Crippen MR) is 22.2 cm³/mol. The molecule has 0 rings (SSSR count). The van der Waals surface area contributed by atoms with Gasteiger partial charge in [-0.1, -0.05) is 0 Å². The van der Waals surface area contributed by atoms with Crippen molar-refractivity contribution in [2.24, 2.45) is 0 Å². The van der Waals surface area contributed by atoms with Gasteiger partial charge in [-0.3, -0.25) is 0 Å². The Balaban J connectivity index is -0.00000000750. The van der Waals surface area contributed by atoms with Crippen LogP contribution in [-0.4, -0.2) is 67.3 Å². The van der Waals surface area contributed by atoms with Crippen molar-refractivity contribution in [1.82, 2.24) is 0 Å². The van der Waals surface area contributed by atoms with Crippen molar-refractivity contribution >= 4 is 51.6 Å². The molecular formula is CH6O4Sr. The van der Waals surface area contributed by atoms with Crippen LogP contribution in [0.1, 0.15) is 2.85 Å². The summed E-state index contributed by atoms with van der Waals surface area (Å²) in [5.41, 5.74) is 0. The van der Waals surface area contributed by atoms with Crippen LogP contribution in [0.2, 0.25) is 0 Å². The van der Waals surface area contributed by atoms with Crippen LogP contribution in [0.15, 0.2) is 0 Å². The maximum Gasteiger partial charge on any atom is 2.00 e. The summed E-state index contributed by atoms with van der Waals surface area (Å²) < 4.78 is 0. The van der Waals surface area contributed by atoms with E-state index in [1.165, 1.54) is 0 Å². The van der Waals surface area contributed by atoms with E-state index in [1.54, 1.807) is 0 Å². The molecule has 0 aliphatic carbocycles. The Hall–Kier alpha value is 0.711. The second-order valence-corrected chi connectivity index (χ2v) is 0.283. The molecule has 0 amide bonds. The van der Waals surface area contributed by atoms with Gasteiger partial charge in [0, 0.05) is 0 Å². The molecular weight excluding hydrogens is 164 g/mol. The topological polar surface area (TPSA) is 89.0 Å². The molecule has 0 aromatic rings. The molecule has 0 radical (unpaired) electrons. The molecule has 36 valence electrons. The van der Waals surface area contributed by atoms with Crippen LogP contribution in [-0.2, 0) is 0 Å². The molecule has 0 aromatic heterocycles. The van der Waals surface area contributed by atoms with Gasteiger partial charge in [-0.2, -0.15) is 0 Å². The van der Waals surface area contributed by atoms with Crippen LogP contribution in [0, 0.1) is 0 Å². The first-order valence-electron chi connectivity index (χ1n) is 0.651. The summed E-state index contributed by atoms with van der Waals surface area (Å²) in [6, 6.07) is 0. The Morgan fingerprint density at radius 3 is 1.50 bits per heavy atom. The monoisotopic (exact) mass is 170 g/mol. The van der Waals surface area contributed by atoms with Crippen LogP contribution in [0.25, 0.3) is 0 Å². The summed E-state index contributed by atoms with van der Waals surface area (Å²) in [6.45, 7) is 0. The van der Waals surface area contributed by atoms with Crippen molar-refractivity contribution in [3.05, 3.63) is 0 Å². The standard InChI is InChI=1S/CH2O3.H2O.Sr.2H/c2-1(3)4;;;;/h(H2,2,3,4);1H2;;;/q;;+2;2*-1. The van der Waals surface area contributed by atoms with E-state index in [9.17, 15) is 0 Å². The molecule has 0 saturated carbocycles. The molecule has 4 N–H and O–H groups in total. The van der Waals surface area contributed by atoms with Gasteiger partial charge in [0.2, 0.25) is 0 Å². The van der Waals surface area contributed by atoms with Crippen LogP contribution >= 0.6 is 0 Å². The maximum absolute atomic E-state index is 8.56. The SMILES string of the molecule is O.O=C(O)O.[H-].[H-].[Sr+2]. The Morgan fingerprint density at radius 2 is 1.50 bits per heavy atom. The third-order valence-corrected chi connectivity index (χ3v) is 0. The van der Waals surface area contributed by atoms with E-state index >= 15 is 0 Å². The first-order valence-corrected chi connectivity index (χ1v) is 0.651. The Labute approximate surface area is 74.3 Å². The minimum absolute atomic E-state index is 0. The van der Waals surface area contributed by atoms with E-state index in [1.807, 2.05) is 0 Å². The van der Waals surface area contributed by atoms with Gasteiger partial charge in [0.15, 0.2) is 0 Å². The van der Waals surface area contributed by atoms with E-state index < -0.39 is 6.16 Å². The minimum Gasteiger partial charge on any atom is -1.00 e. The first-order chi connectivity index (χ1) is 1.73. The van der Waals surface area contributed by atoms with Gasteiger partial charge in [0.25, 0.3) is 0 Å². The summed E-state index contributed by atoms with van der Waals surface area (Å²) in [6.07, 6.45) is -1.83. The van der Waals surface area contributed by atoms with Gasteiger partial charge in [-0.15, -0.1) is 0 Å². The van der Waals surface area contributed by atoms with Crippen LogP contribution in [0.5, 0.6) is 0 Å². The van der Waals surface area contributed by atoms with Crippen LogP contribution < -0.4 is 0 Å². The molecule has 0 saturated heterocycles. The maximum atomic E-state index is 8.56. The molecule has 0 spiro atoms. The summed E-state index contributed by atoms with van der Waals surface area (Å²) in [5, 5.41) is 13.9. The second-order valence-electron chi connectivity index (χ2n) is 0.283. The minimum atomic E-state index is -1.83. The molecule has 0 bridgehead atoms. The van der Waals surface area contributed by atoms with Gasteiger partial charge in [-0.25, -0.2) is 4.79 Å². The van der Waals surface area contributed by atoms with E-state index in [0.717, 1.165) is 0 Å². The summed E-state index contributed by atoms with van der Waals surface area (Å²) in [5.74, 6) is 0. The number of hydrogen-bond acceptors (Lipinski definition) is 1. The van der Waals surface area contributed by atoms with Crippen molar-refractivity contribution in [3.63, 3.8) is 0 Å².